The molecule has 0 aliphatic carbocycles. The smallest absolute Gasteiger partial charge is 0.306 e. The van der Waals surface area contributed by atoms with Crippen LogP contribution >= 0.6 is 0 Å². The van der Waals surface area contributed by atoms with Crippen LogP contribution in [0.4, 0.5) is 0 Å². The summed E-state index contributed by atoms with van der Waals surface area (Å²) in [6.07, 6.45) is 83.3. The summed E-state index contributed by atoms with van der Waals surface area (Å²) in [6, 6.07) is 0. The molecule has 0 aliphatic rings. The van der Waals surface area contributed by atoms with Gasteiger partial charge in [-0.1, -0.05) is 237 Å². The lowest BCUT2D eigenvalue weighted by molar-refractivity contribution is -0.870. The van der Waals surface area contributed by atoms with Crippen molar-refractivity contribution < 1.29 is 42.9 Å². The van der Waals surface area contributed by atoms with E-state index in [0.29, 0.717) is 23.9 Å². The highest BCUT2D eigenvalue weighted by molar-refractivity contribution is 5.70. The molecule has 0 heterocycles. The summed E-state index contributed by atoms with van der Waals surface area (Å²) in [5, 5.41) is 11.8. The number of rotatable bonds is 55. The van der Waals surface area contributed by atoms with Gasteiger partial charge >= 0.3 is 11.9 Å². The van der Waals surface area contributed by atoms with Crippen molar-refractivity contribution in [2.45, 2.75) is 232 Å². The quantitative estimate of drug-likeness (QED) is 0.0195. The molecule has 2 unspecified atom stereocenters. The Bertz CT molecular complexity index is 1800. The minimum Gasteiger partial charge on any atom is -0.545 e. The van der Waals surface area contributed by atoms with Crippen LogP contribution in [0.5, 0.6) is 0 Å². The van der Waals surface area contributed by atoms with Crippen molar-refractivity contribution in [1.29, 1.82) is 0 Å². The monoisotopic (exact) mass is 1100 g/mol. The van der Waals surface area contributed by atoms with Crippen LogP contribution in [-0.4, -0.2) is 82.3 Å². The van der Waals surface area contributed by atoms with Gasteiger partial charge in [0.05, 0.1) is 40.3 Å². The Morgan fingerprint density at radius 1 is 0.380 bits per heavy atom. The Kier molecular flexibility index (Phi) is 55.7. The van der Waals surface area contributed by atoms with Crippen LogP contribution in [0.25, 0.3) is 0 Å². The lowest BCUT2D eigenvalue weighted by Crippen LogP contribution is -2.44. The number of ether oxygens (including phenoxy) is 4. The van der Waals surface area contributed by atoms with Crippen LogP contribution in [0.3, 0.4) is 0 Å². The molecule has 0 rings (SSSR count). The Balaban J connectivity index is 4.24. The van der Waals surface area contributed by atoms with E-state index in [9.17, 15) is 19.5 Å². The summed E-state index contributed by atoms with van der Waals surface area (Å²) in [6.45, 7) is 4.48. The average molecular weight is 1100 g/mol. The topological polar surface area (TPSA) is 111 Å². The molecule has 0 bridgehead atoms. The zero-order valence-corrected chi connectivity index (χ0v) is 50.7. The molecule has 0 aromatic heterocycles. The van der Waals surface area contributed by atoms with E-state index in [-0.39, 0.29) is 38.6 Å². The van der Waals surface area contributed by atoms with E-state index in [4.69, 9.17) is 18.9 Å². The number of carboxylic acids is 1. The molecule has 0 amide bonds. The summed E-state index contributed by atoms with van der Waals surface area (Å²) in [7, 11) is 5.91. The lowest BCUT2D eigenvalue weighted by Gasteiger charge is -2.26. The molecule has 0 aliphatic heterocycles. The number of quaternary nitrogens is 1. The van der Waals surface area contributed by atoms with Gasteiger partial charge in [-0.3, -0.25) is 9.59 Å². The van der Waals surface area contributed by atoms with E-state index in [0.717, 1.165) is 141 Å². The number of likely N-dealkylation sites (N-methyl/N-ethyl adjacent to an activating group) is 1. The number of hydrogen-bond acceptors (Lipinski definition) is 8. The standard InChI is InChI=1S/C70H113NO8/c1-6-8-10-12-14-16-18-20-22-24-26-27-28-29-30-31-32-33-34-35-36-37-38-39-40-41-43-45-47-49-51-53-55-57-59-61-68(73)79-66(65-78-70(69(74)75)76-63-62-71(3,4)5)64-77-67(72)60-58-56-54-52-50-48-46-44-42-25-23-21-19-17-15-13-11-9-7-2/h8-11,14-17,20-23,26-27,29-30,32-33,35-36,38-39,42,44,66,70H,6-7,12-13,18-19,24-25,28,31,34,37,40-41,43,45-65H2,1-5H3/b10-8-,11-9-,16-14-,17-15-,22-20-,23-21-,27-26-,30-29-,33-32-,36-35-,39-38-,44-42-. The van der Waals surface area contributed by atoms with Crippen molar-refractivity contribution in [3.8, 4) is 0 Å². The number of aliphatic carboxylic acids is 1. The summed E-state index contributed by atoms with van der Waals surface area (Å²) >= 11 is 0. The molecule has 0 saturated heterocycles. The molecule has 9 nitrogen and oxygen atoms in total. The fourth-order valence-corrected chi connectivity index (χ4v) is 7.90. The number of esters is 2. The Morgan fingerprint density at radius 3 is 1.01 bits per heavy atom. The Labute approximate surface area is 483 Å². The maximum Gasteiger partial charge on any atom is 0.306 e. The van der Waals surface area contributed by atoms with E-state index in [1.54, 1.807) is 0 Å². The minimum absolute atomic E-state index is 0.136. The van der Waals surface area contributed by atoms with Crippen molar-refractivity contribution in [3.63, 3.8) is 0 Å². The Morgan fingerprint density at radius 2 is 0.684 bits per heavy atom. The van der Waals surface area contributed by atoms with E-state index in [1.165, 1.54) is 38.5 Å². The van der Waals surface area contributed by atoms with Crippen LogP contribution < -0.4 is 5.11 Å². The number of carbonyl (C=O) groups is 3. The van der Waals surface area contributed by atoms with Crippen molar-refractivity contribution in [2.24, 2.45) is 0 Å². The van der Waals surface area contributed by atoms with Crippen LogP contribution in [0.2, 0.25) is 0 Å². The first-order chi connectivity index (χ1) is 38.6. The van der Waals surface area contributed by atoms with Crippen molar-refractivity contribution in [2.75, 3.05) is 47.5 Å². The maximum absolute atomic E-state index is 12.9. The minimum atomic E-state index is -1.64. The highest BCUT2D eigenvalue weighted by Crippen LogP contribution is 2.15. The van der Waals surface area contributed by atoms with E-state index >= 15 is 0 Å². The molecule has 0 spiro atoms. The van der Waals surface area contributed by atoms with Gasteiger partial charge in [0.2, 0.25) is 0 Å². The summed E-state index contributed by atoms with van der Waals surface area (Å²) in [4.78, 5) is 37.3. The van der Waals surface area contributed by atoms with Gasteiger partial charge < -0.3 is 33.3 Å². The molecule has 0 saturated carbocycles. The van der Waals surface area contributed by atoms with Crippen molar-refractivity contribution in [3.05, 3.63) is 146 Å². The number of carbonyl (C=O) groups excluding carboxylic acids is 3. The molecule has 0 N–H and O–H groups in total. The van der Waals surface area contributed by atoms with Gasteiger partial charge in [0.15, 0.2) is 12.4 Å². The predicted molar refractivity (Wildman–Crippen MR) is 333 cm³/mol. The number of carboxylic acid groups (broad SMARTS) is 1. The first kappa shape index (κ1) is 74.2. The highest BCUT2D eigenvalue weighted by Gasteiger charge is 2.22. The second kappa shape index (κ2) is 59.3. The molecule has 0 aromatic rings. The van der Waals surface area contributed by atoms with Gasteiger partial charge in [0.25, 0.3) is 0 Å². The van der Waals surface area contributed by atoms with Crippen molar-refractivity contribution in [1.82, 2.24) is 0 Å². The molecule has 0 aromatic carbocycles. The average Bonchev–Trinajstić information content (AvgIpc) is 3.42. The molecule has 79 heavy (non-hydrogen) atoms. The van der Waals surface area contributed by atoms with Crippen LogP contribution in [0.1, 0.15) is 219 Å². The second-order valence-corrected chi connectivity index (χ2v) is 21.2. The number of unbranched alkanes of at least 4 members (excludes halogenated alkanes) is 16. The maximum atomic E-state index is 12.9. The molecule has 0 fully saturated rings. The second-order valence-electron chi connectivity index (χ2n) is 21.2. The van der Waals surface area contributed by atoms with Gasteiger partial charge in [-0.25, -0.2) is 0 Å². The fourth-order valence-electron chi connectivity index (χ4n) is 7.90. The van der Waals surface area contributed by atoms with Crippen molar-refractivity contribution >= 4 is 17.9 Å². The van der Waals surface area contributed by atoms with Gasteiger partial charge in [0, 0.05) is 12.8 Å². The molecule has 0 radical (unpaired) electrons. The zero-order valence-electron chi connectivity index (χ0n) is 50.7. The van der Waals surface area contributed by atoms with Gasteiger partial charge in [-0.05, 0) is 116 Å². The van der Waals surface area contributed by atoms with E-state index < -0.39 is 24.3 Å². The third-order valence-corrected chi connectivity index (χ3v) is 12.6. The number of nitrogens with zero attached hydrogens (tertiary/aromatic N) is 1. The van der Waals surface area contributed by atoms with E-state index in [1.807, 2.05) is 21.1 Å². The fraction of sp³-hybridized carbons (Fsp3) is 0.614. The summed E-state index contributed by atoms with van der Waals surface area (Å²) < 4.78 is 22.7. The molecule has 9 heteroatoms. The lowest BCUT2D eigenvalue weighted by atomic mass is 10.0. The third-order valence-electron chi connectivity index (χ3n) is 12.6. The summed E-state index contributed by atoms with van der Waals surface area (Å²) in [5.41, 5.74) is 0. The third kappa shape index (κ3) is 60.7. The largest absolute Gasteiger partial charge is 0.545 e. The number of hydrogen-bond donors (Lipinski definition) is 0. The van der Waals surface area contributed by atoms with E-state index in [2.05, 4.69) is 160 Å². The SMILES string of the molecule is CC/C=C\C/C=C\C/C=C\C/C=C\C/C=C\C/C=C\C/C=C\C/C=C\CCCCCCCCCCCCC(=O)OC(COC(=O)CCCCCCCC/C=C\C/C=C\C/C=C\C/C=C\CC)COC(OCC[N+](C)(C)C)C(=O)[O-]. The molecule has 446 valence electrons. The first-order valence-corrected chi connectivity index (χ1v) is 31.0. The molecule has 2 atom stereocenters. The molecular weight excluding hydrogens is 983 g/mol. The van der Waals surface area contributed by atoms with Crippen LogP contribution in [-0.2, 0) is 33.3 Å². The Hall–Kier alpha value is -4.83. The predicted octanol–water partition coefficient (Wildman–Crippen LogP) is 17.5. The summed E-state index contributed by atoms with van der Waals surface area (Å²) in [5.74, 6) is -2.32. The highest BCUT2D eigenvalue weighted by atomic mass is 16.7. The van der Waals surface area contributed by atoms with Gasteiger partial charge in [-0.15, -0.1) is 0 Å². The zero-order chi connectivity index (χ0) is 57.6. The first-order valence-electron chi connectivity index (χ1n) is 31.0. The normalized spacial score (nSPS) is 13.8. The van der Waals surface area contributed by atoms with Gasteiger partial charge in [0.1, 0.15) is 13.2 Å². The van der Waals surface area contributed by atoms with Crippen LogP contribution in [0, 0.1) is 0 Å². The van der Waals surface area contributed by atoms with Crippen LogP contribution in [0.15, 0.2) is 146 Å². The number of allylic oxidation sites excluding steroid dienone is 24. The van der Waals surface area contributed by atoms with Gasteiger partial charge in [-0.2, -0.15) is 0 Å². The molecular formula is C70H113NO8.